The molecule has 18 heavy (non-hydrogen) atoms. The first-order chi connectivity index (χ1) is 8.27. The predicted octanol–water partition coefficient (Wildman–Crippen LogP) is 2.92. The Kier molecular flexibility index (Phi) is 4.94. The van der Waals surface area contributed by atoms with Gasteiger partial charge < -0.3 is 5.73 Å². The summed E-state index contributed by atoms with van der Waals surface area (Å²) in [6.07, 6.45) is 0.997. The van der Waals surface area contributed by atoms with E-state index in [0.717, 1.165) is 13.0 Å². The molecule has 2 nitrogen and oxygen atoms in total. The van der Waals surface area contributed by atoms with Crippen molar-refractivity contribution < 1.29 is 0 Å². The molecule has 0 amide bonds. The summed E-state index contributed by atoms with van der Waals surface area (Å²) in [5, 5.41) is 0. The quantitative estimate of drug-likeness (QED) is 0.868. The summed E-state index contributed by atoms with van der Waals surface area (Å²) in [5.74, 6) is 0. The van der Waals surface area contributed by atoms with Crippen molar-refractivity contribution in [2.45, 2.75) is 39.7 Å². The van der Waals surface area contributed by atoms with E-state index in [-0.39, 0.29) is 5.54 Å². The lowest BCUT2D eigenvalue weighted by molar-refractivity contribution is 0.100. The van der Waals surface area contributed by atoms with Crippen LogP contribution in [-0.2, 0) is 6.42 Å². The van der Waals surface area contributed by atoms with Gasteiger partial charge >= 0.3 is 0 Å². The molecule has 0 aliphatic rings. The number of benzene rings is 1. The zero-order valence-electron chi connectivity index (χ0n) is 12.5. The number of nitrogens with zero attached hydrogens (tertiary/aromatic N) is 1. The largest absolute Gasteiger partial charge is 0.329 e. The fourth-order valence-corrected chi connectivity index (χ4v) is 2.30. The molecule has 0 aliphatic carbocycles. The zero-order chi connectivity index (χ0) is 13.8. The van der Waals surface area contributed by atoms with Gasteiger partial charge in [-0.15, -0.1) is 0 Å². The average molecular weight is 248 g/mol. The van der Waals surface area contributed by atoms with Crippen molar-refractivity contribution in [3.8, 4) is 0 Å². The van der Waals surface area contributed by atoms with Gasteiger partial charge in [-0.05, 0) is 31.4 Å². The molecule has 1 atom stereocenters. The Balaban J connectivity index is 2.79. The van der Waals surface area contributed by atoms with Crippen LogP contribution in [0.2, 0.25) is 0 Å². The Labute approximate surface area is 112 Å². The van der Waals surface area contributed by atoms with Gasteiger partial charge in [0.25, 0.3) is 0 Å². The maximum Gasteiger partial charge on any atom is 0.0341 e. The molecule has 0 radical (unpaired) electrons. The molecule has 102 valence electrons. The Bertz CT molecular complexity index is 353. The van der Waals surface area contributed by atoms with Gasteiger partial charge in [0, 0.05) is 18.6 Å². The third-order valence-corrected chi connectivity index (χ3v) is 3.50. The van der Waals surface area contributed by atoms with Gasteiger partial charge in [-0.2, -0.15) is 0 Å². The van der Waals surface area contributed by atoms with E-state index in [1.807, 2.05) is 0 Å². The van der Waals surface area contributed by atoms with Crippen LogP contribution in [0, 0.1) is 5.41 Å². The minimum atomic E-state index is 0.0225. The lowest BCUT2D eigenvalue weighted by Crippen LogP contribution is -2.53. The number of rotatable bonds is 5. The number of hydrogen-bond acceptors (Lipinski definition) is 2. The number of likely N-dealkylation sites (N-methyl/N-ethyl adjacent to an activating group) is 1. The second-order valence-corrected chi connectivity index (χ2v) is 6.78. The molecule has 2 N–H and O–H groups in total. The van der Waals surface area contributed by atoms with Crippen molar-refractivity contribution in [2.75, 3.05) is 20.1 Å². The van der Waals surface area contributed by atoms with Crippen LogP contribution in [0.15, 0.2) is 30.3 Å². The summed E-state index contributed by atoms with van der Waals surface area (Å²) in [5.41, 5.74) is 7.70. The molecular weight excluding hydrogens is 220 g/mol. The highest BCUT2D eigenvalue weighted by Crippen LogP contribution is 2.23. The van der Waals surface area contributed by atoms with Crippen molar-refractivity contribution in [1.82, 2.24) is 4.90 Å². The van der Waals surface area contributed by atoms with Gasteiger partial charge in [-0.3, -0.25) is 4.90 Å². The van der Waals surface area contributed by atoms with Gasteiger partial charge in [0.2, 0.25) is 0 Å². The Morgan fingerprint density at radius 1 is 1.06 bits per heavy atom. The maximum absolute atomic E-state index is 6.03. The van der Waals surface area contributed by atoms with E-state index in [2.05, 4.69) is 70.0 Å². The third-order valence-electron chi connectivity index (χ3n) is 3.50. The third kappa shape index (κ3) is 4.43. The summed E-state index contributed by atoms with van der Waals surface area (Å²) < 4.78 is 0. The fourth-order valence-electron chi connectivity index (χ4n) is 2.30. The normalized spacial score (nSPS) is 15.7. The lowest BCUT2D eigenvalue weighted by Gasteiger charge is -2.41. The molecule has 0 spiro atoms. The molecule has 1 rings (SSSR count). The molecule has 0 aliphatic heterocycles. The van der Waals surface area contributed by atoms with Gasteiger partial charge in [0.05, 0.1) is 0 Å². The van der Waals surface area contributed by atoms with E-state index < -0.39 is 0 Å². The van der Waals surface area contributed by atoms with Crippen LogP contribution in [0.25, 0.3) is 0 Å². The monoisotopic (exact) mass is 248 g/mol. The molecule has 0 fully saturated rings. The summed E-state index contributed by atoms with van der Waals surface area (Å²) in [6, 6.07) is 10.6. The number of nitrogens with two attached hydrogens (primary N) is 1. The van der Waals surface area contributed by atoms with Crippen molar-refractivity contribution in [1.29, 1.82) is 0 Å². The summed E-state index contributed by atoms with van der Waals surface area (Å²) in [6.45, 7) is 10.8. The summed E-state index contributed by atoms with van der Waals surface area (Å²) >= 11 is 0. The first kappa shape index (κ1) is 15.2. The first-order valence-corrected chi connectivity index (χ1v) is 6.72. The highest BCUT2D eigenvalue weighted by molar-refractivity contribution is 5.18. The van der Waals surface area contributed by atoms with Crippen LogP contribution in [0.5, 0.6) is 0 Å². The lowest BCUT2D eigenvalue weighted by atomic mass is 9.88. The molecule has 1 unspecified atom stereocenters. The molecule has 0 saturated heterocycles. The van der Waals surface area contributed by atoms with Crippen LogP contribution >= 0.6 is 0 Å². The highest BCUT2D eigenvalue weighted by Gasteiger charge is 2.30. The minimum absolute atomic E-state index is 0.0225. The van der Waals surface area contributed by atoms with Crippen LogP contribution < -0.4 is 5.73 Å². The van der Waals surface area contributed by atoms with Crippen LogP contribution in [-0.4, -0.2) is 30.6 Å². The minimum Gasteiger partial charge on any atom is -0.329 e. The molecule has 0 saturated carbocycles. The molecule has 1 aromatic carbocycles. The van der Waals surface area contributed by atoms with Gasteiger partial charge in [-0.25, -0.2) is 0 Å². The van der Waals surface area contributed by atoms with E-state index in [1.165, 1.54) is 5.56 Å². The highest BCUT2D eigenvalue weighted by atomic mass is 15.2. The van der Waals surface area contributed by atoms with Crippen LogP contribution in [0.1, 0.15) is 33.3 Å². The van der Waals surface area contributed by atoms with Gasteiger partial charge in [-0.1, -0.05) is 51.1 Å². The summed E-state index contributed by atoms with van der Waals surface area (Å²) in [4.78, 5) is 2.40. The topological polar surface area (TPSA) is 29.3 Å². The average Bonchev–Trinajstić information content (AvgIpc) is 2.28. The Morgan fingerprint density at radius 2 is 1.61 bits per heavy atom. The molecule has 1 aromatic rings. The predicted molar refractivity (Wildman–Crippen MR) is 79.7 cm³/mol. The smallest absolute Gasteiger partial charge is 0.0341 e. The molecule has 0 heterocycles. The standard InChI is InChI=1S/C16H28N2/c1-15(2,3)13-18(5)16(4,12-17)11-14-9-7-6-8-10-14/h6-10H,11-13,17H2,1-5H3. The van der Waals surface area contributed by atoms with Crippen LogP contribution in [0.4, 0.5) is 0 Å². The Morgan fingerprint density at radius 3 is 2.06 bits per heavy atom. The maximum atomic E-state index is 6.03. The van der Waals surface area contributed by atoms with E-state index >= 15 is 0 Å². The molecule has 0 bridgehead atoms. The van der Waals surface area contributed by atoms with Gasteiger partial charge in [0.1, 0.15) is 0 Å². The van der Waals surface area contributed by atoms with Crippen molar-refractivity contribution in [2.24, 2.45) is 11.1 Å². The fraction of sp³-hybridized carbons (Fsp3) is 0.625. The van der Waals surface area contributed by atoms with Crippen molar-refractivity contribution in [3.63, 3.8) is 0 Å². The molecule has 0 aromatic heterocycles. The van der Waals surface area contributed by atoms with E-state index in [0.29, 0.717) is 12.0 Å². The van der Waals surface area contributed by atoms with E-state index in [1.54, 1.807) is 0 Å². The molecular formula is C16H28N2. The van der Waals surface area contributed by atoms with Gasteiger partial charge in [0.15, 0.2) is 0 Å². The van der Waals surface area contributed by atoms with Crippen LogP contribution in [0.3, 0.4) is 0 Å². The molecule has 2 heteroatoms. The van der Waals surface area contributed by atoms with Crippen molar-refractivity contribution in [3.05, 3.63) is 35.9 Å². The van der Waals surface area contributed by atoms with E-state index in [4.69, 9.17) is 5.73 Å². The van der Waals surface area contributed by atoms with Crippen molar-refractivity contribution >= 4 is 0 Å². The van der Waals surface area contributed by atoms with E-state index in [9.17, 15) is 0 Å². The number of hydrogen-bond donors (Lipinski definition) is 1. The zero-order valence-corrected chi connectivity index (χ0v) is 12.5. The summed E-state index contributed by atoms with van der Waals surface area (Å²) in [7, 11) is 2.18. The SMILES string of the molecule is CN(CC(C)(C)C)C(C)(CN)Cc1ccccc1. The second-order valence-electron chi connectivity index (χ2n) is 6.78. The first-order valence-electron chi connectivity index (χ1n) is 6.72. The second kappa shape index (κ2) is 5.85. The Hall–Kier alpha value is -0.860.